The first kappa shape index (κ1) is 22.3. The third kappa shape index (κ3) is 5.32. The number of benzene rings is 3. The first-order chi connectivity index (χ1) is 16.0. The summed E-state index contributed by atoms with van der Waals surface area (Å²) in [6, 6.07) is 22.9. The predicted octanol–water partition coefficient (Wildman–Crippen LogP) is 4.20. The number of nitrogens with zero attached hydrogens (tertiary/aromatic N) is 3. The van der Waals surface area contributed by atoms with Crippen LogP contribution in [0.5, 0.6) is 5.75 Å². The minimum Gasteiger partial charge on any atom is -0.497 e. The molecule has 4 rings (SSSR count). The van der Waals surface area contributed by atoms with Crippen molar-refractivity contribution < 1.29 is 13.9 Å². The molecule has 4 aromatic rings. The third-order valence-corrected chi connectivity index (χ3v) is 6.15. The van der Waals surface area contributed by atoms with Gasteiger partial charge in [0.25, 0.3) is 0 Å². The Morgan fingerprint density at radius 1 is 1.09 bits per heavy atom. The van der Waals surface area contributed by atoms with E-state index in [1.165, 1.54) is 22.5 Å². The van der Waals surface area contributed by atoms with E-state index in [2.05, 4.69) is 15.5 Å². The second-order valence-corrected chi connectivity index (χ2v) is 8.24. The largest absolute Gasteiger partial charge is 0.497 e. The fourth-order valence-electron chi connectivity index (χ4n) is 3.24. The molecule has 0 spiro atoms. The zero-order chi connectivity index (χ0) is 23.2. The van der Waals surface area contributed by atoms with Crippen LogP contribution in [-0.4, -0.2) is 27.9 Å². The van der Waals surface area contributed by atoms with Gasteiger partial charge in [-0.3, -0.25) is 4.79 Å². The highest BCUT2D eigenvalue weighted by Crippen LogP contribution is 2.35. The number of thioether (sulfide) groups is 1. The topological polar surface area (TPSA) is 95.1 Å². The van der Waals surface area contributed by atoms with Crippen molar-refractivity contribution in [3.05, 3.63) is 102 Å². The van der Waals surface area contributed by atoms with E-state index in [9.17, 15) is 9.18 Å². The van der Waals surface area contributed by atoms with E-state index in [1.54, 1.807) is 49.6 Å². The molecule has 0 aliphatic heterocycles. The number of aromatic nitrogens is 3. The van der Waals surface area contributed by atoms with Crippen LogP contribution in [0, 0.1) is 5.82 Å². The molecule has 33 heavy (non-hydrogen) atoms. The van der Waals surface area contributed by atoms with Crippen LogP contribution in [0.4, 0.5) is 10.1 Å². The van der Waals surface area contributed by atoms with Crippen LogP contribution in [0.1, 0.15) is 22.2 Å². The summed E-state index contributed by atoms with van der Waals surface area (Å²) in [6.45, 7) is 0. The van der Waals surface area contributed by atoms with Crippen molar-refractivity contribution in [2.45, 2.75) is 16.8 Å². The van der Waals surface area contributed by atoms with Gasteiger partial charge in [-0.2, -0.15) is 0 Å². The van der Waals surface area contributed by atoms with Gasteiger partial charge in [-0.1, -0.05) is 66.4 Å². The minimum absolute atomic E-state index is 0.183. The summed E-state index contributed by atoms with van der Waals surface area (Å²) in [6.07, 6.45) is 0.183. The minimum atomic E-state index is -0.648. The van der Waals surface area contributed by atoms with E-state index in [0.717, 1.165) is 5.56 Å². The lowest BCUT2D eigenvalue weighted by molar-refractivity contribution is -0.115. The summed E-state index contributed by atoms with van der Waals surface area (Å²) in [5.74, 6) is 6.65. The molecule has 3 N–H and O–H groups in total. The Bertz CT molecular complexity index is 1250. The van der Waals surface area contributed by atoms with Crippen molar-refractivity contribution >= 4 is 23.4 Å². The Kier molecular flexibility index (Phi) is 6.89. The fourth-order valence-corrected chi connectivity index (χ4v) is 4.21. The zero-order valence-corrected chi connectivity index (χ0v) is 18.6. The smallest absolute Gasteiger partial charge is 0.242 e. The number of methoxy groups -OCH3 is 1. The molecular weight excluding hydrogens is 441 g/mol. The Morgan fingerprint density at radius 2 is 1.85 bits per heavy atom. The van der Waals surface area contributed by atoms with Gasteiger partial charge in [-0.05, 0) is 29.3 Å². The molecule has 7 nitrogen and oxygen atoms in total. The average molecular weight is 464 g/mol. The number of amides is 1. The van der Waals surface area contributed by atoms with Crippen LogP contribution in [0.15, 0.2) is 84.0 Å². The highest BCUT2D eigenvalue weighted by molar-refractivity contribution is 8.00. The fraction of sp³-hybridized carbons (Fsp3) is 0.125. The molecule has 168 valence electrons. The second-order valence-electron chi connectivity index (χ2n) is 7.17. The molecular formula is C24H22FN5O2S. The summed E-state index contributed by atoms with van der Waals surface area (Å²) in [4.78, 5) is 13.3. The summed E-state index contributed by atoms with van der Waals surface area (Å²) >= 11 is 1.17. The number of carbonyl (C=O) groups excluding carboxylic acids is 1. The van der Waals surface area contributed by atoms with Crippen LogP contribution in [0.25, 0.3) is 0 Å². The number of halogens is 1. The summed E-state index contributed by atoms with van der Waals surface area (Å²) in [7, 11) is 1.57. The van der Waals surface area contributed by atoms with Gasteiger partial charge in [-0.25, -0.2) is 9.07 Å². The summed E-state index contributed by atoms with van der Waals surface area (Å²) in [5, 5.41) is 10.9. The van der Waals surface area contributed by atoms with Crippen LogP contribution in [0.3, 0.4) is 0 Å². The second kappa shape index (κ2) is 10.2. The first-order valence-electron chi connectivity index (χ1n) is 10.1. The Balaban J connectivity index is 1.58. The van der Waals surface area contributed by atoms with Crippen molar-refractivity contribution in [2.24, 2.45) is 0 Å². The molecule has 1 atom stereocenters. The number of carbonyl (C=O) groups is 1. The van der Waals surface area contributed by atoms with Gasteiger partial charge in [0, 0.05) is 18.2 Å². The van der Waals surface area contributed by atoms with Gasteiger partial charge >= 0.3 is 0 Å². The molecule has 0 unspecified atom stereocenters. The lowest BCUT2D eigenvalue weighted by Crippen LogP contribution is -2.21. The Hall–Kier alpha value is -3.85. The van der Waals surface area contributed by atoms with Gasteiger partial charge in [0.1, 0.15) is 16.8 Å². The molecule has 0 saturated heterocycles. The number of ether oxygens (including phenoxy) is 1. The molecule has 1 aromatic heterocycles. The third-order valence-electron chi connectivity index (χ3n) is 4.94. The van der Waals surface area contributed by atoms with Crippen LogP contribution in [0.2, 0.25) is 0 Å². The maximum absolute atomic E-state index is 14.0. The number of rotatable bonds is 8. The molecule has 0 saturated carbocycles. The number of hydrogen-bond acceptors (Lipinski definition) is 6. The van der Waals surface area contributed by atoms with E-state index < -0.39 is 5.25 Å². The van der Waals surface area contributed by atoms with E-state index >= 15 is 0 Å². The standard InChI is InChI=1S/C24H22FN5O2S/c1-32-19-12-7-11-18(15-19)27-23(31)22(16-8-3-2-4-9-16)33-24-29-28-21(30(24)26)14-17-10-5-6-13-20(17)25/h2-13,15,22H,14,26H2,1H3,(H,27,31)/t22-/m1/s1. The molecule has 0 bridgehead atoms. The van der Waals surface area contributed by atoms with Gasteiger partial charge < -0.3 is 15.9 Å². The van der Waals surface area contributed by atoms with Crippen molar-refractivity contribution in [3.63, 3.8) is 0 Å². The quantitative estimate of drug-likeness (QED) is 0.300. The van der Waals surface area contributed by atoms with E-state index in [1.807, 2.05) is 30.3 Å². The molecule has 0 radical (unpaired) electrons. The number of nitrogen functional groups attached to an aromatic ring is 1. The lowest BCUT2D eigenvalue weighted by Gasteiger charge is -2.17. The molecule has 1 heterocycles. The zero-order valence-electron chi connectivity index (χ0n) is 17.8. The highest BCUT2D eigenvalue weighted by atomic mass is 32.2. The lowest BCUT2D eigenvalue weighted by atomic mass is 10.1. The van der Waals surface area contributed by atoms with Crippen LogP contribution >= 0.6 is 11.8 Å². The van der Waals surface area contributed by atoms with Crippen molar-refractivity contribution in [2.75, 3.05) is 18.3 Å². The number of nitrogens with two attached hydrogens (primary N) is 1. The summed E-state index contributed by atoms with van der Waals surface area (Å²) in [5.41, 5.74) is 1.85. The monoisotopic (exact) mass is 463 g/mol. The van der Waals surface area contributed by atoms with E-state index in [4.69, 9.17) is 10.6 Å². The average Bonchev–Trinajstić information content (AvgIpc) is 3.18. The van der Waals surface area contributed by atoms with Crippen molar-refractivity contribution in [1.29, 1.82) is 0 Å². The van der Waals surface area contributed by atoms with E-state index in [0.29, 0.717) is 28.0 Å². The first-order valence-corrected chi connectivity index (χ1v) is 11.0. The maximum Gasteiger partial charge on any atom is 0.242 e. The molecule has 1 amide bonds. The Labute approximate surface area is 194 Å². The maximum atomic E-state index is 14.0. The van der Waals surface area contributed by atoms with Crippen molar-refractivity contribution in [1.82, 2.24) is 14.9 Å². The molecule has 0 fully saturated rings. The van der Waals surface area contributed by atoms with Crippen LogP contribution in [-0.2, 0) is 11.2 Å². The molecule has 9 heteroatoms. The number of anilines is 1. The SMILES string of the molecule is COc1cccc(NC(=O)[C@H](Sc2nnc(Cc3ccccc3F)n2N)c2ccccc2)c1. The van der Waals surface area contributed by atoms with Crippen LogP contribution < -0.4 is 15.9 Å². The summed E-state index contributed by atoms with van der Waals surface area (Å²) < 4.78 is 20.6. The highest BCUT2D eigenvalue weighted by Gasteiger charge is 2.26. The molecule has 0 aliphatic carbocycles. The number of nitrogens with one attached hydrogen (secondary N) is 1. The molecule has 0 aliphatic rings. The van der Waals surface area contributed by atoms with Gasteiger partial charge in [0.2, 0.25) is 11.1 Å². The van der Waals surface area contributed by atoms with E-state index in [-0.39, 0.29) is 18.1 Å². The Morgan fingerprint density at radius 3 is 2.61 bits per heavy atom. The van der Waals surface area contributed by atoms with Gasteiger partial charge in [0.05, 0.1) is 7.11 Å². The number of hydrogen-bond donors (Lipinski definition) is 2. The normalized spacial score (nSPS) is 11.7. The van der Waals surface area contributed by atoms with Gasteiger partial charge in [-0.15, -0.1) is 10.2 Å². The van der Waals surface area contributed by atoms with Gasteiger partial charge in [0.15, 0.2) is 5.82 Å². The predicted molar refractivity (Wildman–Crippen MR) is 126 cm³/mol. The molecule has 3 aromatic carbocycles. The van der Waals surface area contributed by atoms with Crippen molar-refractivity contribution in [3.8, 4) is 5.75 Å².